The van der Waals surface area contributed by atoms with E-state index in [1.165, 1.54) is 12.8 Å². The molecule has 3 heterocycles. The number of rotatable bonds is 12. The van der Waals surface area contributed by atoms with Gasteiger partial charge in [0, 0.05) is 63.0 Å². The van der Waals surface area contributed by atoms with Crippen LogP contribution in [0.15, 0.2) is 39.9 Å². The summed E-state index contributed by atoms with van der Waals surface area (Å²) in [4.78, 5) is 50.6. The van der Waals surface area contributed by atoms with Gasteiger partial charge in [0.15, 0.2) is 0 Å². The molecule has 12 heteroatoms. The van der Waals surface area contributed by atoms with Crippen LogP contribution < -0.4 is 41.9 Å². The fraction of sp³-hybridized carbons (Fsp3) is 0.516. The summed E-state index contributed by atoms with van der Waals surface area (Å²) < 4.78 is 5.24. The fourth-order valence-corrected chi connectivity index (χ4v) is 5.24. The van der Waals surface area contributed by atoms with Crippen molar-refractivity contribution in [1.82, 2.24) is 15.3 Å². The molecule has 5 rings (SSSR count). The number of ether oxygens (including phenoxy) is 1. The van der Waals surface area contributed by atoms with Crippen LogP contribution in [0.25, 0.3) is 0 Å². The smallest absolute Gasteiger partial charge is 0.407 e. The Bertz CT molecular complexity index is 1430. The van der Waals surface area contributed by atoms with Gasteiger partial charge in [0.2, 0.25) is 5.95 Å². The Morgan fingerprint density at radius 2 is 1.49 bits per heavy atom. The Morgan fingerprint density at radius 3 is 2.16 bits per heavy atom. The van der Waals surface area contributed by atoms with E-state index in [1.54, 1.807) is 0 Å². The molecule has 0 saturated carbocycles. The van der Waals surface area contributed by atoms with Crippen LogP contribution in [0.5, 0.6) is 0 Å². The minimum absolute atomic E-state index is 0.253. The van der Waals surface area contributed by atoms with Gasteiger partial charge in [-0.15, -0.1) is 0 Å². The van der Waals surface area contributed by atoms with Crippen LogP contribution >= 0.6 is 0 Å². The van der Waals surface area contributed by atoms with Crippen molar-refractivity contribution in [3.63, 3.8) is 0 Å². The number of anilines is 6. The van der Waals surface area contributed by atoms with E-state index in [1.807, 2.05) is 51.1 Å². The summed E-state index contributed by atoms with van der Waals surface area (Å²) in [5.74, 6) is 2.46. The number of aromatic nitrogens is 2. The maximum Gasteiger partial charge on any atom is 0.407 e. The first kappa shape index (κ1) is 30.1. The lowest BCUT2D eigenvalue weighted by atomic mass is 10.1. The van der Waals surface area contributed by atoms with Crippen LogP contribution in [0.2, 0.25) is 0 Å². The number of amides is 1. The lowest BCUT2D eigenvalue weighted by Crippen LogP contribution is -2.41. The second-order valence-electron chi connectivity index (χ2n) is 12.1. The van der Waals surface area contributed by atoms with Crippen LogP contribution in [0.1, 0.15) is 52.0 Å². The van der Waals surface area contributed by atoms with E-state index in [2.05, 4.69) is 31.1 Å². The first-order valence-electron chi connectivity index (χ1n) is 15.2. The summed E-state index contributed by atoms with van der Waals surface area (Å²) >= 11 is 0. The number of carbonyl (C=O) groups excluding carboxylic acids is 1. The number of nitrogens with one attached hydrogen (secondary N) is 4. The Labute approximate surface area is 251 Å². The predicted molar refractivity (Wildman–Crippen MR) is 171 cm³/mol. The third kappa shape index (κ3) is 7.94. The molecule has 43 heavy (non-hydrogen) atoms. The number of hydrogen-bond acceptors (Lipinski definition) is 11. The summed E-state index contributed by atoms with van der Waals surface area (Å²) in [6.07, 6.45) is 4.76. The topological polar surface area (TPSA) is 141 Å². The molecule has 2 fully saturated rings. The van der Waals surface area contributed by atoms with Crippen molar-refractivity contribution in [3.8, 4) is 0 Å². The van der Waals surface area contributed by atoms with E-state index in [0.29, 0.717) is 25.2 Å². The SMILES string of the molecule is CC(C)(C)NC(=O)OCCc1ccc(Nc2c(NCCNc3cc(N4CCCC4)nc(N4CCCC4)n3)c(=O)c2=O)cc1. The lowest BCUT2D eigenvalue weighted by Gasteiger charge is -2.22. The molecule has 230 valence electrons. The first-order chi connectivity index (χ1) is 20.7. The van der Waals surface area contributed by atoms with Crippen molar-refractivity contribution in [2.75, 3.05) is 71.6 Å². The van der Waals surface area contributed by atoms with E-state index in [0.717, 1.165) is 62.2 Å². The summed E-state index contributed by atoms with van der Waals surface area (Å²) in [5, 5.41) is 12.3. The highest BCUT2D eigenvalue weighted by Gasteiger charge is 2.22. The van der Waals surface area contributed by atoms with Crippen LogP contribution in [-0.4, -0.2) is 67.5 Å². The van der Waals surface area contributed by atoms with Gasteiger partial charge in [0.05, 0.1) is 6.61 Å². The molecular formula is C31H42N8O4. The molecule has 0 radical (unpaired) electrons. The van der Waals surface area contributed by atoms with Gasteiger partial charge in [-0.2, -0.15) is 9.97 Å². The maximum absolute atomic E-state index is 12.3. The number of hydrogen-bond donors (Lipinski definition) is 4. The van der Waals surface area contributed by atoms with Crippen molar-refractivity contribution in [1.29, 1.82) is 0 Å². The number of carbonyl (C=O) groups is 1. The highest BCUT2D eigenvalue weighted by atomic mass is 16.5. The molecule has 4 N–H and O–H groups in total. The molecule has 1 aromatic heterocycles. The van der Waals surface area contributed by atoms with Crippen molar-refractivity contribution < 1.29 is 9.53 Å². The summed E-state index contributed by atoms with van der Waals surface area (Å²) in [5.41, 5.74) is 0.789. The van der Waals surface area contributed by atoms with Crippen LogP contribution in [-0.2, 0) is 11.2 Å². The van der Waals surface area contributed by atoms with Crippen LogP contribution in [0.4, 0.5) is 39.4 Å². The molecule has 3 aromatic rings. The van der Waals surface area contributed by atoms with E-state index >= 15 is 0 Å². The van der Waals surface area contributed by atoms with E-state index < -0.39 is 17.0 Å². The number of alkyl carbamates (subject to hydrolysis) is 1. The van der Waals surface area contributed by atoms with Crippen molar-refractivity contribution in [2.45, 2.75) is 58.4 Å². The van der Waals surface area contributed by atoms with Gasteiger partial charge in [-0.1, -0.05) is 12.1 Å². The zero-order valence-corrected chi connectivity index (χ0v) is 25.3. The quantitative estimate of drug-likeness (QED) is 0.182. The lowest BCUT2D eigenvalue weighted by molar-refractivity contribution is 0.139. The monoisotopic (exact) mass is 590 g/mol. The van der Waals surface area contributed by atoms with Gasteiger partial charge in [-0.3, -0.25) is 9.59 Å². The molecule has 0 spiro atoms. The highest BCUT2D eigenvalue weighted by Crippen LogP contribution is 2.26. The van der Waals surface area contributed by atoms with Crippen LogP contribution in [0.3, 0.4) is 0 Å². The Balaban J connectivity index is 1.12. The average molecular weight is 591 g/mol. The normalized spacial score (nSPS) is 15.1. The summed E-state index contributed by atoms with van der Waals surface area (Å²) in [6, 6.07) is 9.44. The molecule has 0 unspecified atom stereocenters. The third-order valence-electron chi connectivity index (χ3n) is 7.49. The van der Waals surface area contributed by atoms with E-state index in [9.17, 15) is 14.4 Å². The third-order valence-corrected chi connectivity index (χ3v) is 7.49. The second kappa shape index (κ2) is 13.3. The zero-order chi connectivity index (χ0) is 30.4. The number of benzene rings is 1. The molecule has 2 saturated heterocycles. The molecular weight excluding hydrogens is 548 g/mol. The minimum atomic E-state index is -0.542. The summed E-state index contributed by atoms with van der Waals surface area (Å²) in [6.45, 7) is 10.8. The zero-order valence-electron chi connectivity index (χ0n) is 25.3. The second-order valence-corrected chi connectivity index (χ2v) is 12.1. The van der Waals surface area contributed by atoms with Crippen molar-refractivity contribution in [3.05, 3.63) is 56.3 Å². The van der Waals surface area contributed by atoms with Gasteiger partial charge in [0.1, 0.15) is 23.0 Å². The fourth-order valence-electron chi connectivity index (χ4n) is 5.24. The Hall–Kier alpha value is -4.35. The van der Waals surface area contributed by atoms with Crippen molar-refractivity contribution in [2.24, 2.45) is 0 Å². The van der Waals surface area contributed by atoms with Crippen molar-refractivity contribution >= 4 is 40.7 Å². The first-order valence-corrected chi connectivity index (χ1v) is 15.2. The van der Waals surface area contributed by atoms with Gasteiger partial charge < -0.3 is 35.8 Å². The van der Waals surface area contributed by atoms with Gasteiger partial charge in [-0.05, 0) is 64.2 Å². The van der Waals surface area contributed by atoms with Crippen LogP contribution in [0, 0.1) is 0 Å². The Morgan fingerprint density at radius 1 is 0.860 bits per heavy atom. The Kier molecular flexibility index (Phi) is 9.32. The predicted octanol–water partition coefficient (Wildman–Crippen LogP) is 3.61. The summed E-state index contributed by atoms with van der Waals surface area (Å²) in [7, 11) is 0. The minimum Gasteiger partial charge on any atom is -0.449 e. The maximum atomic E-state index is 12.3. The number of nitrogens with zero attached hydrogens (tertiary/aromatic N) is 4. The molecule has 0 bridgehead atoms. The molecule has 2 aliphatic rings. The van der Waals surface area contributed by atoms with Gasteiger partial charge in [-0.25, -0.2) is 4.79 Å². The molecule has 0 atom stereocenters. The van der Waals surface area contributed by atoms with Gasteiger partial charge >= 0.3 is 6.09 Å². The molecule has 2 aliphatic heterocycles. The highest BCUT2D eigenvalue weighted by molar-refractivity contribution is 5.78. The largest absolute Gasteiger partial charge is 0.449 e. The molecule has 0 aliphatic carbocycles. The average Bonchev–Trinajstić information content (AvgIpc) is 3.71. The standard InChI is InChI=1S/C31H42N8O4/c1-31(2,3)37-30(42)43-19-12-21-8-10-22(11-9-21)34-26-25(27(40)28(26)41)33-14-13-32-23-20-24(38-15-4-5-16-38)36-29(35-23)39-17-6-7-18-39/h8-11,20,33-34H,4-7,12-19H2,1-3H3,(H,37,42)(H,32,35,36). The van der Waals surface area contributed by atoms with E-state index in [4.69, 9.17) is 14.7 Å². The molecule has 12 nitrogen and oxygen atoms in total. The molecule has 2 aromatic carbocycles. The molecule has 1 amide bonds. The van der Waals surface area contributed by atoms with Gasteiger partial charge in [0.25, 0.3) is 10.9 Å². The van der Waals surface area contributed by atoms with E-state index in [-0.39, 0.29) is 23.5 Å².